The molecule has 0 spiro atoms. The summed E-state index contributed by atoms with van der Waals surface area (Å²) in [4.78, 5) is 15.0. The molecule has 0 bridgehead atoms. The summed E-state index contributed by atoms with van der Waals surface area (Å²) >= 11 is 0. The molecule has 0 radical (unpaired) electrons. The highest BCUT2D eigenvalue weighted by atomic mass is 16.6. The maximum Gasteiger partial charge on any atom is 0.311 e. The Morgan fingerprint density at radius 2 is 2.19 bits per heavy atom. The Morgan fingerprint density at radius 3 is 3.00 bits per heavy atom. The van der Waals surface area contributed by atoms with Crippen LogP contribution in [0.5, 0.6) is 0 Å². The predicted molar refractivity (Wildman–Crippen MR) is 81.4 cm³/mol. The van der Waals surface area contributed by atoms with E-state index in [0.29, 0.717) is 5.82 Å². The lowest BCUT2D eigenvalue weighted by Crippen LogP contribution is -2.18. The van der Waals surface area contributed by atoms with Gasteiger partial charge in [0.15, 0.2) is 0 Å². The monoisotopic (exact) mass is 283 g/mol. The molecular weight excluding hydrogens is 266 g/mol. The second kappa shape index (κ2) is 5.52. The number of anilines is 1. The zero-order valence-electron chi connectivity index (χ0n) is 11.9. The summed E-state index contributed by atoms with van der Waals surface area (Å²) in [5.41, 5.74) is 3.37. The Balaban J connectivity index is 1.93. The molecule has 1 aliphatic carbocycles. The minimum absolute atomic E-state index is 0.0399. The van der Waals surface area contributed by atoms with Gasteiger partial charge in [0.05, 0.1) is 11.0 Å². The largest absolute Gasteiger partial charge is 0.358 e. The Kier molecular flexibility index (Phi) is 3.56. The molecule has 0 saturated heterocycles. The molecule has 0 aliphatic heterocycles. The van der Waals surface area contributed by atoms with Crippen LogP contribution in [0.1, 0.15) is 35.6 Å². The second-order valence-corrected chi connectivity index (χ2v) is 5.43. The highest BCUT2D eigenvalue weighted by Gasteiger charge is 2.23. The molecule has 108 valence electrons. The Hall–Kier alpha value is -2.43. The van der Waals surface area contributed by atoms with Gasteiger partial charge in [0, 0.05) is 12.3 Å². The molecule has 1 aromatic carbocycles. The maximum atomic E-state index is 11.2. The number of nitrogens with zero attached hydrogens (tertiary/aromatic N) is 2. The van der Waals surface area contributed by atoms with Gasteiger partial charge in [-0.2, -0.15) is 0 Å². The number of aromatic nitrogens is 1. The first-order chi connectivity index (χ1) is 10.1. The van der Waals surface area contributed by atoms with Crippen LogP contribution in [0.4, 0.5) is 11.5 Å². The molecule has 1 aromatic heterocycles. The molecule has 3 rings (SSSR count). The minimum Gasteiger partial charge on any atom is -0.358 e. The SMILES string of the molecule is Cc1cnc(NC2CCCc3ccccc32)c([N+](=O)[O-])c1. The van der Waals surface area contributed by atoms with Crippen LogP contribution in [0, 0.1) is 17.0 Å². The van der Waals surface area contributed by atoms with Crippen LogP contribution >= 0.6 is 0 Å². The number of pyridine rings is 1. The molecule has 1 N–H and O–H groups in total. The lowest BCUT2D eigenvalue weighted by Gasteiger charge is -2.26. The predicted octanol–water partition coefficient (Wildman–Crippen LogP) is 3.79. The summed E-state index contributed by atoms with van der Waals surface area (Å²) in [5, 5.41) is 14.4. The normalized spacial score (nSPS) is 17.1. The highest BCUT2D eigenvalue weighted by Crippen LogP contribution is 2.34. The smallest absolute Gasteiger partial charge is 0.311 e. The fourth-order valence-corrected chi connectivity index (χ4v) is 2.87. The third kappa shape index (κ3) is 2.72. The van der Waals surface area contributed by atoms with E-state index in [1.165, 1.54) is 11.1 Å². The molecule has 21 heavy (non-hydrogen) atoms. The summed E-state index contributed by atoms with van der Waals surface area (Å²) in [6.45, 7) is 1.81. The first-order valence-corrected chi connectivity index (χ1v) is 7.10. The van der Waals surface area contributed by atoms with Crippen molar-refractivity contribution in [1.82, 2.24) is 4.98 Å². The zero-order chi connectivity index (χ0) is 14.8. The summed E-state index contributed by atoms with van der Waals surface area (Å²) in [5.74, 6) is 0.354. The average molecular weight is 283 g/mol. The molecule has 5 heteroatoms. The van der Waals surface area contributed by atoms with Gasteiger partial charge in [-0.15, -0.1) is 0 Å². The quantitative estimate of drug-likeness (QED) is 0.687. The van der Waals surface area contributed by atoms with E-state index in [2.05, 4.69) is 22.4 Å². The number of nitrogens with one attached hydrogen (secondary N) is 1. The van der Waals surface area contributed by atoms with Gasteiger partial charge in [-0.25, -0.2) is 4.98 Å². The van der Waals surface area contributed by atoms with Gasteiger partial charge in [0.25, 0.3) is 0 Å². The molecular formula is C16H17N3O2. The molecule has 1 atom stereocenters. The van der Waals surface area contributed by atoms with Gasteiger partial charge in [-0.1, -0.05) is 24.3 Å². The van der Waals surface area contributed by atoms with E-state index in [-0.39, 0.29) is 16.7 Å². The van der Waals surface area contributed by atoms with Crippen molar-refractivity contribution in [3.8, 4) is 0 Å². The number of fused-ring (bicyclic) bond motifs is 1. The number of hydrogen-bond donors (Lipinski definition) is 1. The first-order valence-electron chi connectivity index (χ1n) is 7.10. The lowest BCUT2D eigenvalue weighted by molar-refractivity contribution is -0.384. The standard InChI is InChI=1S/C16H17N3O2/c1-11-9-15(19(20)21)16(17-10-11)18-14-8-4-6-12-5-2-3-7-13(12)14/h2-3,5,7,9-10,14H,4,6,8H2,1H3,(H,17,18). The van der Waals surface area contributed by atoms with Crippen molar-refractivity contribution in [2.45, 2.75) is 32.2 Å². The zero-order valence-corrected chi connectivity index (χ0v) is 11.9. The number of hydrogen-bond acceptors (Lipinski definition) is 4. The van der Waals surface area contributed by atoms with Crippen LogP contribution < -0.4 is 5.32 Å². The van der Waals surface area contributed by atoms with Crippen LogP contribution in [-0.4, -0.2) is 9.91 Å². The fraction of sp³-hybridized carbons (Fsp3) is 0.312. The Morgan fingerprint density at radius 1 is 1.38 bits per heavy atom. The van der Waals surface area contributed by atoms with Crippen molar-refractivity contribution in [3.05, 3.63) is 63.3 Å². The summed E-state index contributed by atoms with van der Waals surface area (Å²) in [6, 6.07) is 9.91. The van der Waals surface area contributed by atoms with Gasteiger partial charge < -0.3 is 5.32 Å². The van der Waals surface area contributed by atoms with Crippen LogP contribution in [0.2, 0.25) is 0 Å². The van der Waals surface area contributed by atoms with Gasteiger partial charge >= 0.3 is 5.69 Å². The van der Waals surface area contributed by atoms with Crippen LogP contribution in [0.3, 0.4) is 0 Å². The molecule has 1 aliphatic rings. The van der Waals surface area contributed by atoms with E-state index in [1.807, 2.05) is 12.1 Å². The molecule has 0 saturated carbocycles. The minimum atomic E-state index is -0.378. The second-order valence-electron chi connectivity index (χ2n) is 5.43. The molecule has 2 aromatic rings. The average Bonchev–Trinajstić information content (AvgIpc) is 2.49. The molecule has 5 nitrogen and oxygen atoms in total. The van der Waals surface area contributed by atoms with Gasteiger partial charge in [-0.3, -0.25) is 10.1 Å². The van der Waals surface area contributed by atoms with Crippen molar-refractivity contribution in [3.63, 3.8) is 0 Å². The van der Waals surface area contributed by atoms with Crippen LogP contribution in [0.15, 0.2) is 36.5 Å². The van der Waals surface area contributed by atoms with Crippen LogP contribution in [-0.2, 0) is 6.42 Å². The van der Waals surface area contributed by atoms with E-state index in [1.54, 1.807) is 19.2 Å². The van der Waals surface area contributed by atoms with E-state index >= 15 is 0 Å². The number of rotatable bonds is 3. The third-order valence-electron chi connectivity index (χ3n) is 3.88. The Labute approximate surface area is 123 Å². The van der Waals surface area contributed by atoms with Crippen molar-refractivity contribution in [1.29, 1.82) is 0 Å². The summed E-state index contributed by atoms with van der Waals surface area (Å²) < 4.78 is 0. The van der Waals surface area contributed by atoms with Crippen LogP contribution in [0.25, 0.3) is 0 Å². The number of aryl methyl sites for hydroxylation is 2. The molecule has 0 fully saturated rings. The van der Waals surface area contributed by atoms with Crippen molar-refractivity contribution in [2.75, 3.05) is 5.32 Å². The van der Waals surface area contributed by atoms with E-state index in [9.17, 15) is 10.1 Å². The van der Waals surface area contributed by atoms with E-state index in [0.717, 1.165) is 24.8 Å². The maximum absolute atomic E-state index is 11.2. The van der Waals surface area contributed by atoms with Crippen molar-refractivity contribution in [2.24, 2.45) is 0 Å². The number of benzene rings is 1. The molecule has 0 amide bonds. The summed E-state index contributed by atoms with van der Waals surface area (Å²) in [6.07, 6.45) is 4.76. The van der Waals surface area contributed by atoms with Crippen molar-refractivity contribution < 1.29 is 4.92 Å². The third-order valence-corrected chi connectivity index (χ3v) is 3.88. The topological polar surface area (TPSA) is 68.1 Å². The van der Waals surface area contributed by atoms with E-state index in [4.69, 9.17) is 0 Å². The van der Waals surface area contributed by atoms with Gasteiger partial charge in [0.2, 0.25) is 5.82 Å². The first kappa shape index (κ1) is 13.5. The lowest BCUT2D eigenvalue weighted by atomic mass is 9.88. The molecule has 1 heterocycles. The number of nitro groups is 1. The molecule has 1 unspecified atom stereocenters. The highest BCUT2D eigenvalue weighted by molar-refractivity contribution is 5.58. The van der Waals surface area contributed by atoms with E-state index < -0.39 is 0 Å². The van der Waals surface area contributed by atoms with Gasteiger partial charge in [-0.05, 0) is 42.9 Å². The van der Waals surface area contributed by atoms with Crippen molar-refractivity contribution >= 4 is 11.5 Å². The fourth-order valence-electron chi connectivity index (χ4n) is 2.87. The Bertz CT molecular complexity index is 685. The van der Waals surface area contributed by atoms with Gasteiger partial charge in [0.1, 0.15) is 0 Å². The summed E-state index contributed by atoms with van der Waals surface area (Å²) in [7, 11) is 0.